The summed E-state index contributed by atoms with van der Waals surface area (Å²) in [5.41, 5.74) is 0.702. The fraction of sp³-hybridized carbons (Fsp3) is 0.250. The average molecular weight is 419 g/mol. The third-order valence-corrected chi connectivity index (χ3v) is 4.25. The van der Waals surface area contributed by atoms with Gasteiger partial charge in [-0.1, -0.05) is 19.0 Å². The van der Waals surface area contributed by atoms with Gasteiger partial charge in [0.15, 0.2) is 0 Å². The van der Waals surface area contributed by atoms with E-state index in [1.54, 1.807) is 24.5 Å². The highest BCUT2D eigenvalue weighted by atomic mass is 79.9. The summed E-state index contributed by atoms with van der Waals surface area (Å²) in [6.07, 6.45) is 4.50. The van der Waals surface area contributed by atoms with Crippen molar-refractivity contribution in [2.45, 2.75) is 19.9 Å². The van der Waals surface area contributed by atoms with E-state index in [1.807, 2.05) is 13.8 Å². The van der Waals surface area contributed by atoms with Crippen LogP contribution in [0.4, 0.5) is 11.5 Å². The Balaban J connectivity index is 1.87. The molecule has 1 unspecified atom stereocenters. The molecule has 0 fully saturated rings. The molecule has 0 aliphatic heterocycles. The van der Waals surface area contributed by atoms with Crippen molar-refractivity contribution in [1.82, 2.24) is 20.1 Å². The first-order chi connectivity index (χ1) is 12.5. The van der Waals surface area contributed by atoms with Crippen LogP contribution in [0.3, 0.4) is 0 Å². The Hall–Kier alpha value is -2.88. The molecule has 0 aliphatic rings. The highest BCUT2D eigenvalue weighted by molar-refractivity contribution is 9.10. The highest BCUT2D eigenvalue weighted by Crippen LogP contribution is 2.31. The SMILES string of the molecule is CC(C)C(Nc1ncc([N+](=O)[O-])cc1Br)c1nc(-c2ccncc2)no1. The third-order valence-electron chi connectivity index (χ3n) is 3.64. The monoisotopic (exact) mass is 418 g/mol. The van der Waals surface area contributed by atoms with Gasteiger partial charge in [-0.3, -0.25) is 15.1 Å². The molecule has 1 atom stereocenters. The van der Waals surface area contributed by atoms with E-state index in [0.29, 0.717) is 22.0 Å². The lowest BCUT2D eigenvalue weighted by atomic mass is 10.0. The number of halogens is 1. The van der Waals surface area contributed by atoms with Crippen molar-refractivity contribution in [2.75, 3.05) is 5.32 Å². The maximum Gasteiger partial charge on any atom is 0.288 e. The first-order valence-corrected chi connectivity index (χ1v) is 8.55. The molecule has 3 aromatic heterocycles. The molecule has 10 heteroatoms. The van der Waals surface area contributed by atoms with Crippen LogP contribution in [0.25, 0.3) is 11.4 Å². The van der Waals surface area contributed by atoms with Crippen LogP contribution in [0.5, 0.6) is 0 Å². The molecular weight excluding hydrogens is 404 g/mol. The molecule has 9 nitrogen and oxygen atoms in total. The average Bonchev–Trinajstić information content (AvgIpc) is 3.10. The van der Waals surface area contributed by atoms with Gasteiger partial charge in [-0.25, -0.2) is 4.98 Å². The van der Waals surface area contributed by atoms with Gasteiger partial charge >= 0.3 is 0 Å². The Morgan fingerprint density at radius 2 is 2.04 bits per heavy atom. The minimum absolute atomic E-state index is 0.0960. The minimum atomic E-state index is -0.500. The largest absolute Gasteiger partial charge is 0.357 e. The van der Waals surface area contributed by atoms with Gasteiger partial charge in [-0.15, -0.1) is 0 Å². The maximum absolute atomic E-state index is 10.8. The zero-order valence-electron chi connectivity index (χ0n) is 14.0. The molecule has 134 valence electrons. The quantitative estimate of drug-likeness (QED) is 0.470. The predicted molar refractivity (Wildman–Crippen MR) is 97.3 cm³/mol. The number of pyridine rings is 2. The van der Waals surface area contributed by atoms with Gasteiger partial charge in [0.2, 0.25) is 11.7 Å². The van der Waals surface area contributed by atoms with Gasteiger partial charge in [0.25, 0.3) is 5.69 Å². The second-order valence-corrected chi connectivity index (χ2v) is 6.69. The summed E-state index contributed by atoms with van der Waals surface area (Å²) in [6, 6.07) is 4.66. The minimum Gasteiger partial charge on any atom is -0.357 e. The fourth-order valence-electron chi connectivity index (χ4n) is 2.27. The van der Waals surface area contributed by atoms with Crippen molar-refractivity contribution < 1.29 is 9.45 Å². The van der Waals surface area contributed by atoms with Crippen molar-refractivity contribution in [3.05, 3.63) is 57.3 Å². The van der Waals surface area contributed by atoms with Crippen LogP contribution < -0.4 is 5.32 Å². The number of hydrogen-bond donors (Lipinski definition) is 1. The van der Waals surface area contributed by atoms with E-state index in [-0.39, 0.29) is 17.6 Å². The molecule has 0 saturated carbocycles. The first kappa shape index (κ1) is 17.9. The van der Waals surface area contributed by atoms with E-state index in [1.165, 1.54) is 12.3 Å². The fourth-order valence-corrected chi connectivity index (χ4v) is 2.73. The van der Waals surface area contributed by atoms with Crippen molar-refractivity contribution in [3.63, 3.8) is 0 Å². The van der Waals surface area contributed by atoms with Crippen LogP contribution in [0.1, 0.15) is 25.8 Å². The highest BCUT2D eigenvalue weighted by Gasteiger charge is 2.24. The molecule has 1 N–H and O–H groups in total. The van der Waals surface area contributed by atoms with Crippen molar-refractivity contribution >= 4 is 27.4 Å². The third kappa shape index (κ3) is 3.85. The van der Waals surface area contributed by atoms with E-state index in [0.717, 1.165) is 5.56 Å². The van der Waals surface area contributed by atoms with Crippen molar-refractivity contribution in [1.29, 1.82) is 0 Å². The molecule has 3 heterocycles. The predicted octanol–water partition coefficient (Wildman–Crippen LogP) is 4.01. The molecule has 0 saturated heterocycles. The summed E-state index contributed by atoms with van der Waals surface area (Å²) >= 11 is 3.30. The van der Waals surface area contributed by atoms with Gasteiger partial charge < -0.3 is 9.84 Å². The van der Waals surface area contributed by atoms with Gasteiger partial charge in [0.05, 0.1) is 9.40 Å². The normalized spacial score (nSPS) is 12.2. The summed E-state index contributed by atoms with van der Waals surface area (Å²) in [5.74, 6) is 1.42. The van der Waals surface area contributed by atoms with Gasteiger partial charge in [-0.05, 0) is 34.0 Å². The second-order valence-electron chi connectivity index (χ2n) is 5.84. The lowest BCUT2D eigenvalue weighted by molar-refractivity contribution is -0.385. The second kappa shape index (κ2) is 7.56. The number of nitro groups is 1. The molecule has 0 bridgehead atoms. The number of nitrogens with zero attached hydrogens (tertiary/aromatic N) is 5. The molecule has 3 aromatic rings. The number of aromatic nitrogens is 4. The van der Waals surface area contributed by atoms with Gasteiger partial charge in [0, 0.05) is 24.0 Å². The number of rotatable bonds is 6. The zero-order valence-corrected chi connectivity index (χ0v) is 15.5. The summed E-state index contributed by atoms with van der Waals surface area (Å²) < 4.78 is 5.90. The lowest BCUT2D eigenvalue weighted by Crippen LogP contribution is -2.18. The summed E-state index contributed by atoms with van der Waals surface area (Å²) in [5, 5.41) is 18.1. The molecule has 0 aliphatic carbocycles. The molecule has 0 radical (unpaired) electrons. The van der Waals surface area contributed by atoms with E-state index in [4.69, 9.17) is 4.52 Å². The topological polar surface area (TPSA) is 120 Å². The molecule has 0 aromatic carbocycles. The van der Waals surface area contributed by atoms with Crippen LogP contribution in [0.15, 0.2) is 45.8 Å². The molecule has 0 spiro atoms. The maximum atomic E-state index is 10.8. The molecular formula is C16H15BrN6O3. The van der Waals surface area contributed by atoms with Gasteiger partial charge in [0.1, 0.15) is 18.1 Å². The van der Waals surface area contributed by atoms with Crippen LogP contribution in [-0.4, -0.2) is 25.0 Å². The summed E-state index contributed by atoms with van der Waals surface area (Å²) in [7, 11) is 0. The number of anilines is 1. The first-order valence-electron chi connectivity index (χ1n) is 7.76. The van der Waals surface area contributed by atoms with E-state index >= 15 is 0 Å². The smallest absolute Gasteiger partial charge is 0.288 e. The molecule has 0 amide bonds. The van der Waals surface area contributed by atoms with Crippen molar-refractivity contribution in [2.24, 2.45) is 5.92 Å². The Labute approximate surface area is 157 Å². The Kier molecular flexibility index (Phi) is 5.21. The lowest BCUT2D eigenvalue weighted by Gasteiger charge is -2.19. The van der Waals surface area contributed by atoms with E-state index in [2.05, 4.69) is 41.4 Å². The molecule has 26 heavy (non-hydrogen) atoms. The zero-order chi connectivity index (χ0) is 18.7. The van der Waals surface area contributed by atoms with E-state index in [9.17, 15) is 10.1 Å². The molecule has 3 rings (SSSR count). The van der Waals surface area contributed by atoms with E-state index < -0.39 is 4.92 Å². The van der Waals surface area contributed by atoms with Crippen LogP contribution >= 0.6 is 15.9 Å². The summed E-state index contributed by atoms with van der Waals surface area (Å²) in [6.45, 7) is 3.99. The van der Waals surface area contributed by atoms with Crippen molar-refractivity contribution in [3.8, 4) is 11.4 Å². The number of nitrogens with one attached hydrogen (secondary N) is 1. The van der Waals surface area contributed by atoms with Crippen LogP contribution in [0.2, 0.25) is 0 Å². The van der Waals surface area contributed by atoms with Gasteiger partial charge in [-0.2, -0.15) is 4.98 Å². The Morgan fingerprint density at radius 1 is 1.31 bits per heavy atom. The Bertz CT molecular complexity index is 915. The van der Waals surface area contributed by atoms with Crippen LogP contribution in [-0.2, 0) is 0 Å². The summed E-state index contributed by atoms with van der Waals surface area (Å²) in [4.78, 5) is 22.9. The standard InChI is InChI=1S/C16H15BrN6O3/c1-9(2)13(20-15-12(17)7-11(8-19-15)23(24)25)16-21-14(22-26-16)10-3-5-18-6-4-10/h3-9,13H,1-2H3,(H,19,20). The number of hydrogen-bond acceptors (Lipinski definition) is 8. The van der Waals surface area contributed by atoms with Crippen LogP contribution in [0, 0.1) is 16.0 Å². The Morgan fingerprint density at radius 3 is 2.65 bits per heavy atom.